The van der Waals surface area contributed by atoms with Gasteiger partial charge in [-0.2, -0.15) is 0 Å². The van der Waals surface area contributed by atoms with Gasteiger partial charge in [0.05, 0.1) is 6.42 Å². The summed E-state index contributed by atoms with van der Waals surface area (Å²) in [5.74, 6) is 3.54. The van der Waals surface area contributed by atoms with Gasteiger partial charge in [0.15, 0.2) is 5.78 Å². The second-order valence-electron chi connectivity index (χ2n) is 9.96. The molecule has 2 aliphatic rings. The summed E-state index contributed by atoms with van der Waals surface area (Å²) in [7, 11) is 0. The van der Waals surface area contributed by atoms with Gasteiger partial charge in [0.1, 0.15) is 29.0 Å². The SMILES string of the molecule is CC#Cc1cc(C)c(C2C(=O)CC3(CCN(C(=O)CC(=O)c4cc(F)ccn4)CC3)CC2=O)c(C)c1. The van der Waals surface area contributed by atoms with Gasteiger partial charge in [-0.25, -0.2) is 4.39 Å². The van der Waals surface area contributed by atoms with Gasteiger partial charge < -0.3 is 4.90 Å². The molecule has 2 aromatic rings. The summed E-state index contributed by atoms with van der Waals surface area (Å²) in [4.78, 5) is 57.1. The number of hydrogen-bond donors (Lipinski definition) is 0. The highest BCUT2D eigenvalue weighted by atomic mass is 19.1. The molecule has 0 atom stereocenters. The molecule has 186 valence electrons. The smallest absolute Gasteiger partial charge is 0.230 e. The maximum absolute atomic E-state index is 13.4. The van der Waals surface area contributed by atoms with Crippen molar-refractivity contribution < 1.29 is 23.6 Å². The van der Waals surface area contributed by atoms with E-state index in [2.05, 4.69) is 16.8 Å². The maximum atomic E-state index is 13.4. The second-order valence-corrected chi connectivity index (χ2v) is 9.96. The highest BCUT2D eigenvalue weighted by Gasteiger charge is 2.47. The van der Waals surface area contributed by atoms with Crippen LogP contribution in [0.1, 0.15) is 77.7 Å². The van der Waals surface area contributed by atoms with E-state index in [9.17, 15) is 23.6 Å². The zero-order chi connectivity index (χ0) is 26.0. The van der Waals surface area contributed by atoms with Crippen LogP contribution in [0.4, 0.5) is 4.39 Å². The average Bonchev–Trinajstić information content (AvgIpc) is 2.81. The van der Waals surface area contributed by atoms with Gasteiger partial charge in [0.2, 0.25) is 5.91 Å². The van der Waals surface area contributed by atoms with Crippen LogP contribution in [0, 0.1) is 36.9 Å². The van der Waals surface area contributed by atoms with Crippen molar-refractivity contribution in [2.45, 2.75) is 58.8 Å². The molecule has 2 heterocycles. The predicted octanol–water partition coefficient (Wildman–Crippen LogP) is 4.11. The molecule has 0 N–H and O–H groups in total. The largest absolute Gasteiger partial charge is 0.342 e. The number of aryl methyl sites for hydroxylation is 2. The number of piperidine rings is 1. The Labute approximate surface area is 210 Å². The molecule has 0 radical (unpaired) electrons. The van der Waals surface area contributed by atoms with E-state index < -0.39 is 22.9 Å². The van der Waals surface area contributed by atoms with Crippen LogP contribution in [0.25, 0.3) is 0 Å². The summed E-state index contributed by atoms with van der Waals surface area (Å²) in [5.41, 5.74) is 2.92. The van der Waals surface area contributed by atoms with E-state index in [1.165, 1.54) is 6.20 Å². The van der Waals surface area contributed by atoms with Gasteiger partial charge in [-0.1, -0.05) is 5.92 Å². The van der Waals surface area contributed by atoms with Crippen LogP contribution in [-0.2, 0) is 14.4 Å². The van der Waals surface area contributed by atoms with E-state index in [0.29, 0.717) is 38.8 Å². The van der Waals surface area contributed by atoms with Crippen molar-refractivity contribution in [1.82, 2.24) is 9.88 Å². The molecular weight excluding hydrogens is 459 g/mol. The summed E-state index contributed by atoms with van der Waals surface area (Å²) < 4.78 is 13.4. The lowest BCUT2D eigenvalue weighted by Gasteiger charge is -2.44. The first-order valence-corrected chi connectivity index (χ1v) is 12.1. The van der Waals surface area contributed by atoms with Crippen LogP contribution in [-0.4, -0.2) is 46.2 Å². The summed E-state index contributed by atoms with van der Waals surface area (Å²) in [6.07, 6.45) is 2.45. The van der Waals surface area contributed by atoms with Crippen LogP contribution in [0.5, 0.6) is 0 Å². The highest BCUT2D eigenvalue weighted by Crippen LogP contribution is 2.46. The summed E-state index contributed by atoms with van der Waals surface area (Å²) >= 11 is 0. The van der Waals surface area contributed by atoms with Crippen molar-refractivity contribution in [3.8, 4) is 11.8 Å². The van der Waals surface area contributed by atoms with E-state index in [1.807, 2.05) is 26.0 Å². The fraction of sp³-hybridized carbons (Fsp3) is 0.414. The lowest BCUT2D eigenvalue weighted by molar-refractivity contribution is -0.140. The fourth-order valence-corrected chi connectivity index (χ4v) is 5.63. The first-order chi connectivity index (χ1) is 17.1. The maximum Gasteiger partial charge on any atom is 0.230 e. The fourth-order valence-electron chi connectivity index (χ4n) is 5.63. The summed E-state index contributed by atoms with van der Waals surface area (Å²) in [6.45, 7) is 6.34. The lowest BCUT2D eigenvalue weighted by atomic mass is 9.62. The molecule has 1 spiro atoms. The number of ketones is 3. The minimum Gasteiger partial charge on any atom is -0.342 e. The van der Waals surface area contributed by atoms with Crippen molar-refractivity contribution in [3.63, 3.8) is 0 Å². The molecule has 7 heteroatoms. The Morgan fingerprint density at radius 2 is 1.69 bits per heavy atom. The number of likely N-dealkylation sites (tertiary alicyclic amines) is 1. The molecule has 0 unspecified atom stereocenters. The summed E-state index contributed by atoms with van der Waals surface area (Å²) in [6, 6.07) is 6.01. The van der Waals surface area contributed by atoms with Crippen molar-refractivity contribution in [1.29, 1.82) is 0 Å². The van der Waals surface area contributed by atoms with E-state index in [4.69, 9.17) is 0 Å². The van der Waals surface area contributed by atoms with Gasteiger partial charge in [-0.15, -0.1) is 5.92 Å². The van der Waals surface area contributed by atoms with E-state index in [-0.39, 0.29) is 29.6 Å². The van der Waals surface area contributed by atoms with Crippen LogP contribution >= 0.6 is 0 Å². The molecule has 1 aliphatic heterocycles. The Morgan fingerprint density at radius 3 is 2.25 bits per heavy atom. The molecule has 1 saturated heterocycles. The number of halogens is 1. The van der Waals surface area contributed by atoms with E-state index in [0.717, 1.165) is 34.4 Å². The van der Waals surface area contributed by atoms with E-state index >= 15 is 0 Å². The standard InChI is InChI=1S/C29H29FN2O4/c1-4-5-20-12-18(2)27(19(3)13-20)28-24(34)16-29(17-25(28)35)7-10-32(11-8-29)26(36)15-23(33)22-14-21(30)6-9-31-22/h6,9,12-14,28H,7-8,10-11,15-17H2,1-3H3. The molecule has 4 rings (SSSR count). The third-order valence-corrected chi connectivity index (χ3v) is 7.39. The predicted molar refractivity (Wildman–Crippen MR) is 132 cm³/mol. The topological polar surface area (TPSA) is 84.4 Å². The molecule has 1 amide bonds. The van der Waals surface area contributed by atoms with Crippen molar-refractivity contribution >= 4 is 23.3 Å². The van der Waals surface area contributed by atoms with Gasteiger partial charge in [-0.05, 0) is 73.9 Å². The Hall–Kier alpha value is -3.66. The first kappa shape index (κ1) is 25.4. The van der Waals surface area contributed by atoms with Gasteiger partial charge in [-0.3, -0.25) is 24.2 Å². The van der Waals surface area contributed by atoms with Crippen molar-refractivity contribution in [3.05, 3.63) is 64.2 Å². The van der Waals surface area contributed by atoms with Crippen LogP contribution in [0.3, 0.4) is 0 Å². The monoisotopic (exact) mass is 488 g/mol. The zero-order valence-electron chi connectivity index (χ0n) is 20.8. The number of aromatic nitrogens is 1. The van der Waals surface area contributed by atoms with Crippen LogP contribution in [0.15, 0.2) is 30.5 Å². The number of rotatable bonds is 4. The molecule has 0 bridgehead atoms. The lowest BCUT2D eigenvalue weighted by Crippen LogP contribution is -2.48. The first-order valence-electron chi connectivity index (χ1n) is 12.1. The Balaban J connectivity index is 1.41. The number of Topliss-reactive ketones (excluding diaryl/α,β-unsaturated/α-hetero) is 3. The molecule has 1 aliphatic carbocycles. The number of carbonyl (C=O) groups is 4. The number of pyridine rings is 1. The zero-order valence-corrected chi connectivity index (χ0v) is 20.8. The number of carbonyl (C=O) groups excluding carboxylic acids is 4. The van der Waals surface area contributed by atoms with Crippen molar-refractivity contribution in [2.24, 2.45) is 5.41 Å². The normalized spacial score (nSPS) is 17.6. The Bertz CT molecular complexity index is 1270. The molecular formula is C29H29FN2O4. The van der Waals surface area contributed by atoms with E-state index in [1.54, 1.807) is 11.8 Å². The minimum atomic E-state index is -0.754. The molecule has 1 aromatic heterocycles. The number of amides is 1. The third kappa shape index (κ3) is 5.13. The third-order valence-electron chi connectivity index (χ3n) is 7.39. The Kier molecular flexibility index (Phi) is 7.16. The second kappa shape index (κ2) is 10.1. The molecule has 1 aromatic carbocycles. The van der Waals surface area contributed by atoms with Crippen molar-refractivity contribution in [2.75, 3.05) is 13.1 Å². The number of hydrogen-bond acceptors (Lipinski definition) is 5. The van der Waals surface area contributed by atoms with Gasteiger partial charge in [0.25, 0.3) is 0 Å². The quantitative estimate of drug-likeness (QED) is 0.368. The average molecular weight is 489 g/mol. The molecule has 1 saturated carbocycles. The molecule has 6 nitrogen and oxygen atoms in total. The van der Waals surface area contributed by atoms with Crippen LogP contribution in [0.2, 0.25) is 0 Å². The van der Waals surface area contributed by atoms with Gasteiger partial charge in [0, 0.05) is 43.8 Å². The number of nitrogens with zero attached hydrogens (tertiary/aromatic N) is 2. The minimum absolute atomic E-state index is 0.0705. The molecule has 36 heavy (non-hydrogen) atoms. The Morgan fingerprint density at radius 1 is 1.08 bits per heavy atom. The molecule has 2 fully saturated rings. The van der Waals surface area contributed by atoms with Gasteiger partial charge >= 0.3 is 0 Å². The summed E-state index contributed by atoms with van der Waals surface area (Å²) in [5, 5.41) is 0. The van der Waals surface area contributed by atoms with Crippen LogP contribution < -0.4 is 0 Å². The highest BCUT2D eigenvalue weighted by molar-refractivity contribution is 6.11. The number of benzene rings is 1.